The first kappa shape index (κ1) is 12.2. The van der Waals surface area contributed by atoms with Crippen LogP contribution in [-0.4, -0.2) is 11.1 Å². The number of hydrogen-bond acceptors (Lipinski definition) is 1. The van der Waals surface area contributed by atoms with Gasteiger partial charge in [0.25, 0.3) is 0 Å². The third kappa shape index (κ3) is 2.23. The molecular formula is C17H18O2. The third-order valence-electron chi connectivity index (χ3n) is 4.50. The summed E-state index contributed by atoms with van der Waals surface area (Å²) >= 11 is 0. The maximum Gasteiger partial charge on any atom is 0.328 e. The minimum absolute atomic E-state index is 0.619. The molecule has 0 heterocycles. The van der Waals surface area contributed by atoms with E-state index in [9.17, 15) is 4.79 Å². The second-order valence-corrected chi connectivity index (χ2v) is 5.62. The van der Waals surface area contributed by atoms with Crippen molar-refractivity contribution in [3.8, 4) is 0 Å². The predicted octanol–water partition coefficient (Wildman–Crippen LogP) is 3.77. The molecule has 3 rings (SSSR count). The average molecular weight is 254 g/mol. The number of carbonyl (C=O) groups is 1. The second-order valence-electron chi connectivity index (χ2n) is 5.62. The van der Waals surface area contributed by atoms with Gasteiger partial charge in [-0.1, -0.05) is 30.4 Å². The number of hydrogen-bond donors (Lipinski definition) is 1. The molecule has 2 aliphatic carbocycles. The Hall–Kier alpha value is -1.83. The van der Waals surface area contributed by atoms with Crippen LogP contribution in [0.2, 0.25) is 0 Å². The van der Waals surface area contributed by atoms with Crippen LogP contribution in [0.5, 0.6) is 0 Å². The van der Waals surface area contributed by atoms with E-state index in [0.717, 1.165) is 11.5 Å². The minimum atomic E-state index is -0.896. The summed E-state index contributed by atoms with van der Waals surface area (Å²) in [5.41, 5.74) is 3.64. The first-order valence-corrected chi connectivity index (χ1v) is 6.84. The topological polar surface area (TPSA) is 37.3 Å². The Kier molecular flexibility index (Phi) is 3.02. The van der Waals surface area contributed by atoms with Gasteiger partial charge in [-0.2, -0.15) is 0 Å². The highest BCUT2D eigenvalue weighted by molar-refractivity contribution is 5.85. The summed E-state index contributed by atoms with van der Waals surface area (Å²) in [5, 5.41) is 8.74. The van der Waals surface area contributed by atoms with Gasteiger partial charge in [0, 0.05) is 6.08 Å². The highest BCUT2D eigenvalue weighted by Crippen LogP contribution is 2.49. The van der Waals surface area contributed by atoms with Crippen molar-refractivity contribution in [3.05, 3.63) is 53.1 Å². The fourth-order valence-electron chi connectivity index (χ4n) is 3.55. The van der Waals surface area contributed by atoms with Crippen molar-refractivity contribution in [2.24, 2.45) is 11.8 Å². The molecule has 19 heavy (non-hydrogen) atoms. The van der Waals surface area contributed by atoms with Gasteiger partial charge < -0.3 is 5.11 Å². The molecule has 2 nitrogen and oxygen atoms in total. The van der Waals surface area contributed by atoms with E-state index >= 15 is 0 Å². The molecule has 3 atom stereocenters. The van der Waals surface area contributed by atoms with Crippen molar-refractivity contribution in [2.45, 2.75) is 25.7 Å². The summed E-state index contributed by atoms with van der Waals surface area (Å²) in [6, 6.07) is 6.23. The lowest BCUT2D eigenvalue weighted by Crippen LogP contribution is -2.07. The van der Waals surface area contributed by atoms with Gasteiger partial charge in [0.15, 0.2) is 0 Å². The van der Waals surface area contributed by atoms with Gasteiger partial charge in [-0.05, 0) is 60.3 Å². The number of benzene rings is 1. The zero-order valence-corrected chi connectivity index (χ0v) is 11.0. The van der Waals surface area contributed by atoms with Crippen LogP contribution in [0.3, 0.4) is 0 Å². The standard InChI is InChI=1S/C17H18O2/c1-11-13(7-8-17(18)19)3-2-4-15(11)16-10-12-5-6-14(16)9-12/h2-8,12,14,16H,9-10H2,1H3,(H,18,19)/b8-7+. The number of carboxylic acid groups (broad SMARTS) is 1. The summed E-state index contributed by atoms with van der Waals surface area (Å²) in [7, 11) is 0. The molecule has 3 unspecified atom stereocenters. The number of aliphatic carboxylic acids is 1. The van der Waals surface area contributed by atoms with Crippen LogP contribution in [-0.2, 0) is 4.79 Å². The highest BCUT2D eigenvalue weighted by Gasteiger charge is 2.36. The molecule has 0 saturated heterocycles. The number of rotatable bonds is 3. The van der Waals surface area contributed by atoms with Crippen LogP contribution in [0.25, 0.3) is 6.08 Å². The molecule has 0 spiro atoms. The van der Waals surface area contributed by atoms with Gasteiger partial charge in [-0.15, -0.1) is 0 Å². The first-order chi connectivity index (χ1) is 9.15. The molecule has 98 valence electrons. The van der Waals surface area contributed by atoms with Crippen LogP contribution >= 0.6 is 0 Å². The quantitative estimate of drug-likeness (QED) is 0.658. The second kappa shape index (κ2) is 4.69. The maximum atomic E-state index is 10.6. The van der Waals surface area contributed by atoms with E-state index in [4.69, 9.17) is 5.11 Å². The molecule has 2 aliphatic rings. The molecular weight excluding hydrogens is 236 g/mol. The van der Waals surface area contributed by atoms with Crippen LogP contribution < -0.4 is 0 Å². The first-order valence-electron chi connectivity index (χ1n) is 6.84. The maximum absolute atomic E-state index is 10.6. The molecule has 0 radical (unpaired) electrons. The normalized spacial score (nSPS) is 28.4. The molecule has 1 aromatic rings. The monoisotopic (exact) mass is 254 g/mol. The zero-order chi connectivity index (χ0) is 13.4. The van der Waals surface area contributed by atoms with E-state index in [2.05, 4.69) is 25.1 Å². The Morgan fingerprint density at radius 3 is 2.79 bits per heavy atom. The lowest BCUT2D eigenvalue weighted by atomic mass is 9.83. The van der Waals surface area contributed by atoms with Gasteiger partial charge in [-0.25, -0.2) is 4.79 Å². The molecule has 1 fully saturated rings. The lowest BCUT2D eigenvalue weighted by molar-refractivity contribution is -0.131. The molecule has 0 aliphatic heterocycles. The van der Waals surface area contributed by atoms with Crippen molar-refractivity contribution in [3.63, 3.8) is 0 Å². The minimum Gasteiger partial charge on any atom is -0.478 e. The van der Waals surface area contributed by atoms with Crippen molar-refractivity contribution in [1.82, 2.24) is 0 Å². The van der Waals surface area contributed by atoms with Crippen molar-refractivity contribution < 1.29 is 9.90 Å². The van der Waals surface area contributed by atoms with E-state index in [-0.39, 0.29) is 0 Å². The highest BCUT2D eigenvalue weighted by atomic mass is 16.4. The number of fused-ring (bicyclic) bond motifs is 2. The van der Waals surface area contributed by atoms with Crippen molar-refractivity contribution >= 4 is 12.0 Å². The van der Waals surface area contributed by atoms with Crippen molar-refractivity contribution in [1.29, 1.82) is 0 Å². The summed E-state index contributed by atoms with van der Waals surface area (Å²) in [6.45, 7) is 2.10. The third-order valence-corrected chi connectivity index (χ3v) is 4.50. The lowest BCUT2D eigenvalue weighted by Gasteiger charge is -2.21. The van der Waals surface area contributed by atoms with Gasteiger partial charge in [0.05, 0.1) is 0 Å². The zero-order valence-electron chi connectivity index (χ0n) is 11.0. The molecule has 0 aromatic heterocycles. The fraction of sp³-hybridized carbons (Fsp3) is 0.353. The largest absolute Gasteiger partial charge is 0.478 e. The number of allylic oxidation sites excluding steroid dienone is 2. The van der Waals surface area contributed by atoms with E-state index in [1.165, 1.54) is 30.0 Å². The SMILES string of the molecule is Cc1c(/C=C/C(=O)O)cccc1C1CC2C=CC1C2. The molecule has 1 saturated carbocycles. The summed E-state index contributed by atoms with van der Waals surface area (Å²) in [4.78, 5) is 10.6. The van der Waals surface area contributed by atoms with Crippen LogP contribution in [0, 0.1) is 18.8 Å². The smallest absolute Gasteiger partial charge is 0.328 e. The molecule has 1 N–H and O–H groups in total. The summed E-state index contributed by atoms with van der Waals surface area (Å²) < 4.78 is 0. The van der Waals surface area contributed by atoms with Crippen LogP contribution in [0.1, 0.15) is 35.4 Å². The Morgan fingerprint density at radius 2 is 2.16 bits per heavy atom. The Bertz CT molecular complexity index is 569. The Balaban J connectivity index is 1.92. The molecule has 2 bridgehead atoms. The molecule has 2 heteroatoms. The molecule has 1 aromatic carbocycles. The molecule has 0 amide bonds. The fourth-order valence-corrected chi connectivity index (χ4v) is 3.55. The number of carboxylic acids is 1. The van der Waals surface area contributed by atoms with E-state index in [1.54, 1.807) is 6.08 Å². The predicted molar refractivity (Wildman–Crippen MR) is 75.9 cm³/mol. The Labute approximate surface area is 113 Å². The van der Waals surface area contributed by atoms with Gasteiger partial charge >= 0.3 is 5.97 Å². The van der Waals surface area contributed by atoms with E-state index in [0.29, 0.717) is 11.8 Å². The summed E-state index contributed by atoms with van der Waals surface area (Å²) in [6.07, 6.45) is 10.2. The van der Waals surface area contributed by atoms with Crippen molar-refractivity contribution in [2.75, 3.05) is 0 Å². The van der Waals surface area contributed by atoms with Gasteiger partial charge in [-0.3, -0.25) is 0 Å². The van der Waals surface area contributed by atoms with E-state index < -0.39 is 5.97 Å². The summed E-state index contributed by atoms with van der Waals surface area (Å²) in [5.74, 6) is 1.16. The van der Waals surface area contributed by atoms with Crippen LogP contribution in [0.15, 0.2) is 36.4 Å². The average Bonchev–Trinajstić information content (AvgIpc) is 2.99. The van der Waals surface area contributed by atoms with E-state index in [1.807, 2.05) is 12.1 Å². The van der Waals surface area contributed by atoms with Crippen LogP contribution in [0.4, 0.5) is 0 Å². The van der Waals surface area contributed by atoms with Gasteiger partial charge in [0.2, 0.25) is 0 Å². The van der Waals surface area contributed by atoms with Gasteiger partial charge in [0.1, 0.15) is 0 Å². The Morgan fingerprint density at radius 1 is 1.32 bits per heavy atom.